The number of halogens is 2. The van der Waals surface area contributed by atoms with Crippen molar-refractivity contribution < 1.29 is 36.7 Å². The average molecular weight is 1090 g/mol. The van der Waals surface area contributed by atoms with Gasteiger partial charge in [0.05, 0.1) is 18.1 Å². The predicted molar refractivity (Wildman–Crippen MR) is 311 cm³/mol. The summed E-state index contributed by atoms with van der Waals surface area (Å²) in [6.45, 7) is 6.79. The van der Waals surface area contributed by atoms with Crippen molar-refractivity contribution >= 4 is 51.7 Å². The van der Waals surface area contributed by atoms with Crippen LogP contribution in [0.5, 0.6) is 5.75 Å². The number of hydrogen-bond donors (Lipinski definition) is 2. The lowest BCUT2D eigenvalue weighted by Crippen LogP contribution is -2.30. The van der Waals surface area contributed by atoms with Crippen molar-refractivity contribution in [2.75, 3.05) is 5.88 Å². The molecule has 0 fully saturated rings. The van der Waals surface area contributed by atoms with Gasteiger partial charge in [0.1, 0.15) is 18.3 Å². The fourth-order valence-electron chi connectivity index (χ4n) is 8.93. The van der Waals surface area contributed by atoms with Crippen LogP contribution in [0.1, 0.15) is 81.0 Å². The topological polar surface area (TPSA) is 105 Å². The van der Waals surface area contributed by atoms with Crippen molar-refractivity contribution in [1.82, 2.24) is 0 Å². The van der Waals surface area contributed by atoms with Gasteiger partial charge in [-0.2, -0.15) is 0 Å². The molecule has 78 heavy (non-hydrogen) atoms. The van der Waals surface area contributed by atoms with Crippen LogP contribution in [0.3, 0.4) is 0 Å². The number of aryl methyl sites for hydroxylation is 1. The highest BCUT2D eigenvalue weighted by Crippen LogP contribution is 2.42. The molecule has 13 heteroatoms. The van der Waals surface area contributed by atoms with E-state index in [4.69, 9.17) is 19.5 Å². The first-order valence-corrected chi connectivity index (χ1v) is 28.9. The quantitative estimate of drug-likeness (QED) is 0.0820. The maximum Gasteiger partial charge on any atom is 0.488 e. The molecule has 7 nitrogen and oxygen atoms in total. The van der Waals surface area contributed by atoms with Crippen LogP contribution in [-0.2, 0) is 47.2 Å². The van der Waals surface area contributed by atoms with Gasteiger partial charge >= 0.3 is 7.12 Å². The van der Waals surface area contributed by atoms with Gasteiger partial charge in [-0.3, -0.25) is 4.99 Å². The molecule has 0 aromatic heterocycles. The van der Waals surface area contributed by atoms with Crippen molar-refractivity contribution in [3.05, 3.63) is 279 Å². The molecule has 0 spiro atoms. The highest BCUT2D eigenvalue weighted by atomic mass is 32.2. The molecule has 2 N–H and O–H groups in total. The van der Waals surface area contributed by atoms with Gasteiger partial charge < -0.3 is 19.5 Å². The lowest BCUT2D eigenvalue weighted by atomic mass is 9.79. The molecule has 0 bridgehead atoms. The van der Waals surface area contributed by atoms with Crippen LogP contribution < -0.4 is 10.2 Å². The number of hydrogen-bond acceptors (Lipinski definition) is 9. The summed E-state index contributed by atoms with van der Waals surface area (Å²) in [7, 11) is -5.03. The van der Waals surface area contributed by atoms with E-state index >= 15 is 0 Å². The zero-order valence-electron chi connectivity index (χ0n) is 43.5. The Balaban J connectivity index is 0.000000147. The van der Waals surface area contributed by atoms with E-state index in [0.29, 0.717) is 29.4 Å². The third-order valence-corrected chi connectivity index (χ3v) is 17.4. The monoisotopic (exact) mass is 1090 g/mol. The SMILES string of the molecule is CC(=NCS(=O)(=O)c1ccc(C)cc1)c1ccc2c(c1)Cc1ccccc1S2.CC(c1ccc2c(c1)Cc1ccccc1S2)c1ccc(F)c(OCc2ccccc2)c1.OB(O)c1ccc(F)c(COCc2ccccc2)c1. The highest BCUT2D eigenvalue weighted by molar-refractivity contribution is 7.99. The molecule has 0 saturated heterocycles. The minimum Gasteiger partial charge on any atom is -0.486 e. The normalized spacial score (nSPS) is 12.7. The Bertz CT molecular complexity index is 3660. The van der Waals surface area contributed by atoms with E-state index in [2.05, 4.69) is 90.8 Å². The zero-order valence-corrected chi connectivity index (χ0v) is 45.9. The summed E-state index contributed by atoms with van der Waals surface area (Å²) >= 11 is 3.62. The lowest BCUT2D eigenvalue weighted by Gasteiger charge is -2.21. The molecule has 2 heterocycles. The van der Waals surface area contributed by atoms with Crippen molar-refractivity contribution in [1.29, 1.82) is 0 Å². The summed E-state index contributed by atoms with van der Waals surface area (Å²) in [4.78, 5) is 9.91. The van der Waals surface area contributed by atoms with Gasteiger partial charge in [-0.05, 0) is 143 Å². The number of nitrogens with zero attached hydrogens (tertiary/aromatic N) is 1. The van der Waals surface area contributed by atoms with Crippen LogP contribution in [0.4, 0.5) is 8.78 Å². The van der Waals surface area contributed by atoms with Crippen molar-refractivity contribution in [3.63, 3.8) is 0 Å². The second-order valence-corrected chi connectivity index (χ2v) is 23.3. The molecule has 11 rings (SSSR count). The second-order valence-electron chi connectivity index (χ2n) is 19.2. The van der Waals surface area contributed by atoms with Gasteiger partial charge in [-0.15, -0.1) is 0 Å². The summed E-state index contributed by atoms with van der Waals surface area (Å²) in [6, 6.07) is 65.5. The molecule has 1 atom stereocenters. The molecule has 0 amide bonds. The fraction of sp³-hybridized carbons (Fsp3) is 0.154. The van der Waals surface area contributed by atoms with E-state index in [9.17, 15) is 17.2 Å². The highest BCUT2D eigenvalue weighted by Gasteiger charge is 2.21. The summed E-state index contributed by atoms with van der Waals surface area (Å²) in [5, 5.41) is 18.1. The third-order valence-electron chi connectivity index (χ3n) is 13.5. The van der Waals surface area contributed by atoms with Crippen molar-refractivity contribution in [2.45, 2.75) is 83.8 Å². The Morgan fingerprint density at radius 3 is 1.77 bits per heavy atom. The molecule has 394 valence electrons. The van der Waals surface area contributed by atoms with Crippen LogP contribution in [0.25, 0.3) is 0 Å². The lowest BCUT2D eigenvalue weighted by molar-refractivity contribution is 0.105. The molecule has 2 aliphatic rings. The van der Waals surface area contributed by atoms with Gasteiger partial charge in [-0.1, -0.05) is 182 Å². The largest absolute Gasteiger partial charge is 0.488 e. The summed E-state index contributed by atoms with van der Waals surface area (Å²) in [6.07, 6.45) is 1.84. The van der Waals surface area contributed by atoms with Crippen LogP contribution in [0, 0.1) is 18.6 Å². The van der Waals surface area contributed by atoms with Gasteiger partial charge in [0.25, 0.3) is 0 Å². The molecule has 0 saturated carbocycles. The van der Waals surface area contributed by atoms with Crippen LogP contribution in [0.15, 0.2) is 236 Å². The molecule has 1 unspecified atom stereocenters. The Morgan fingerprint density at radius 1 is 0.590 bits per heavy atom. The van der Waals surface area contributed by atoms with E-state index in [1.807, 2.05) is 117 Å². The molecule has 9 aromatic carbocycles. The number of aliphatic imine (C=N–C) groups is 1. The number of fused-ring (bicyclic) bond motifs is 4. The molecule has 2 aliphatic heterocycles. The summed E-state index contributed by atoms with van der Waals surface area (Å²) in [5.41, 5.74) is 12.9. The minimum absolute atomic E-state index is 0.0846. The minimum atomic E-state index is -3.43. The first kappa shape index (κ1) is 55.7. The predicted octanol–water partition coefficient (Wildman–Crippen LogP) is 14.1. The smallest absolute Gasteiger partial charge is 0.486 e. The average Bonchev–Trinajstić information content (AvgIpc) is 3.49. The second kappa shape index (κ2) is 26.0. The maximum absolute atomic E-state index is 14.4. The number of sulfone groups is 1. The van der Waals surface area contributed by atoms with Crippen LogP contribution in [-0.4, -0.2) is 37.2 Å². The fourth-order valence-corrected chi connectivity index (χ4v) is 12.1. The van der Waals surface area contributed by atoms with E-state index in [-0.39, 0.29) is 29.7 Å². The number of rotatable bonds is 14. The first-order chi connectivity index (χ1) is 37.8. The van der Waals surface area contributed by atoms with E-state index in [0.717, 1.165) is 46.4 Å². The van der Waals surface area contributed by atoms with Gasteiger partial charge in [0, 0.05) is 36.8 Å². The Kier molecular flexibility index (Phi) is 18.6. The summed E-state index contributed by atoms with van der Waals surface area (Å²) < 4.78 is 64.2. The molecule has 9 aromatic rings. The Hall–Kier alpha value is -7.10. The standard InChI is InChI=1S/C28H23FOS.C23H21NO2S2.C14H14BFO3/c1-19(21-12-14-28-24(15-21)16-23-9-5-6-10-27(23)31-28)22-11-13-25(29)26(17-22)30-18-20-7-3-2-4-8-20;1-16-7-10-21(11-8-16)28(25,26)15-24-17(2)18-9-12-23-20(13-18)14-19-5-3-4-6-22(19)27-23;16-14-7-6-13(15(17)18)8-12(14)10-19-9-11-4-2-1-3-5-11/h2-15,17,19H,16,18H2,1H3;3-13H,14-15H2,1-2H3;1-8,17-18H,9-10H2. The third kappa shape index (κ3) is 14.5. The Labute approximate surface area is 465 Å². The van der Waals surface area contributed by atoms with E-state index < -0.39 is 22.8 Å². The molecular weight excluding hydrogens is 1040 g/mol. The summed E-state index contributed by atoms with van der Waals surface area (Å²) in [5.74, 6) is -0.540. The van der Waals surface area contributed by atoms with Gasteiger partial charge in [-0.25, -0.2) is 17.2 Å². The van der Waals surface area contributed by atoms with E-state index in [1.54, 1.807) is 23.9 Å². The Morgan fingerprint density at radius 2 is 1.13 bits per heavy atom. The molecular formula is C65H58BF2NO6S3. The number of benzene rings is 9. The van der Waals surface area contributed by atoms with Crippen LogP contribution >= 0.6 is 23.5 Å². The van der Waals surface area contributed by atoms with E-state index in [1.165, 1.54) is 71.7 Å². The van der Waals surface area contributed by atoms with Crippen molar-refractivity contribution in [3.8, 4) is 5.75 Å². The first-order valence-electron chi connectivity index (χ1n) is 25.6. The number of ether oxygens (including phenoxy) is 2. The van der Waals surface area contributed by atoms with Crippen LogP contribution in [0.2, 0.25) is 0 Å². The van der Waals surface area contributed by atoms with Crippen molar-refractivity contribution in [2.24, 2.45) is 4.99 Å². The zero-order chi connectivity index (χ0) is 54.6. The van der Waals surface area contributed by atoms with Gasteiger partial charge in [0.2, 0.25) is 0 Å². The molecule has 0 radical (unpaired) electrons. The molecule has 0 aliphatic carbocycles. The maximum atomic E-state index is 14.4. The van der Waals surface area contributed by atoms with Gasteiger partial charge in [0.15, 0.2) is 21.4 Å².